The van der Waals surface area contributed by atoms with Gasteiger partial charge in [-0.25, -0.2) is 0 Å². The molecule has 0 atom stereocenters. The minimum atomic E-state index is -0.00327. The molecule has 0 aromatic rings. The minimum absolute atomic E-state index is 0.00327. The molecule has 0 aliphatic rings. The fourth-order valence-electron chi connectivity index (χ4n) is 1.01. The molecule has 0 spiro atoms. The largest absolute Gasteiger partial charge is 0.325 e. The van der Waals surface area contributed by atoms with Crippen LogP contribution in [0.3, 0.4) is 0 Å². The van der Waals surface area contributed by atoms with Crippen molar-refractivity contribution in [3.63, 3.8) is 0 Å². The lowest BCUT2D eigenvalue weighted by Gasteiger charge is -2.19. The zero-order valence-electron chi connectivity index (χ0n) is 8.89. The lowest BCUT2D eigenvalue weighted by molar-refractivity contribution is 0.549. The zero-order chi connectivity index (χ0) is 9.61. The second-order valence-corrected chi connectivity index (χ2v) is 5.22. The normalized spacial score (nSPS) is 12.5. The van der Waals surface area contributed by atoms with Crippen molar-refractivity contribution >= 4 is 11.8 Å². The molecule has 12 heavy (non-hydrogen) atoms. The summed E-state index contributed by atoms with van der Waals surface area (Å²) in [5.74, 6) is 3.23. The molecular weight excluding hydrogens is 166 g/mol. The highest BCUT2D eigenvalue weighted by Crippen LogP contribution is 2.18. The Hall–Kier alpha value is 0.310. The molecule has 0 amide bonds. The average molecular weight is 189 g/mol. The van der Waals surface area contributed by atoms with Gasteiger partial charge >= 0.3 is 0 Å². The Morgan fingerprint density at radius 2 is 1.75 bits per heavy atom. The Balaban J connectivity index is 3.41. The molecule has 2 heteroatoms. The zero-order valence-corrected chi connectivity index (χ0v) is 9.71. The predicted octanol–water partition coefficient (Wildman–Crippen LogP) is 2.89. The standard InChI is InChI=1S/C10H23NS/c1-5-9(6-2)7-12-8-10(3,4)11/h9H,5-8,11H2,1-4H3. The smallest absolute Gasteiger partial charge is 0.0188 e. The number of hydrogen-bond donors (Lipinski definition) is 1. The molecule has 2 N–H and O–H groups in total. The third-order valence-corrected chi connectivity index (χ3v) is 3.64. The molecule has 74 valence electrons. The number of nitrogens with two attached hydrogens (primary N) is 1. The van der Waals surface area contributed by atoms with E-state index >= 15 is 0 Å². The lowest BCUT2D eigenvalue weighted by atomic mass is 10.1. The van der Waals surface area contributed by atoms with Crippen molar-refractivity contribution in [1.29, 1.82) is 0 Å². The fourth-order valence-corrected chi connectivity index (χ4v) is 2.46. The van der Waals surface area contributed by atoms with Crippen LogP contribution in [-0.4, -0.2) is 17.0 Å². The summed E-state index contributed by atoms with van der Waals surface area (Å²) in [4.78, 5) is 0. The van der Waals surface area contributed by atoms with E-state index < -0.39 is 0 Å². The summed E-state index contributed by atoms with van der Waals surface area (Å²) in [5, 5.41) is 0. The van der Waals surface area contributed by atoms with Crippen LogP contribution in [0.2, 0.25) is 0 Å². The minimum Gasteiger partial charge on any atom is -0.325 e. The van der Waals surface area contributed by atoms with Crippen LogP contribution in [-0.2, 0) is 0 Å². The molecule has 0 fully saturated rings. The summed E-state index contributed by atoms with van der Waals surface area (Å²) in [5.41, 5.74) is 5.88. The molecule has 0 bridgehead atoms. The van der Waals surface area contributed by atoms with Gasteiger partial charge in [-0.3, -0.25) is 0 Å². The lowest BCUT2D eigenvalue weighted by Crippen LogP contribution is -2.35. The van der Waals surface area contributed by atoms with Crippen LogP contribution < -0.4 is 5.73 Å². The maximum absolute atomic E-state index is 5.88. The predicted molar refractivity (Wildman–Crippen MR) is 59.7 cm³/mol. The highest BCUT2D eigenvalue weighted by atomic mass is 32.2. The monoisotopic (exact) mass is 189 g/mol. The molecule has 0 saturated carbocycles. The topological polar surface area (TPSA) is 26.0 Å². The van der Waals surface area contributed by atoms with Gasteiger partial charge in [-0.05, 0) is 25.5 Å². The van der Waals surface area contributed by atoms with Gasteiger partial charge in [-0.15, -0.1) is 0 Å². The second-order valence-electron chi connectivity index (χ2n) is 4.19. The molecule has 0 radical (unpaired) electrons. The van der Waals surface area contributed by atoms with E-state index in [1.165, 1.54) is 18.6 Å². The SMILES string of the molecule is CCC(CC)CSCC(C)(C)N. The van der Waals surface area contributed by atoms with Crippen molar-refractivity contribution in [2.24, 2.45) is 11.7 Å². The van der Waals surface area contributed by atoms with Crippen molar-refractivity contribution < 1.29 is 0 Å². The van der Waals surface area contributed by atoms with Crippen LogP contribution >= 0.6 is 11.8 Å². The van der Waals surface area contributed by atoms with E-state index in [1.807, 2.05) is 11.8 Å². The maximum atomic E-state index is 5.88. The molecule has 0 heterocycles. The van der Waals surface area contributed by atoms with Gasteiger partial charge < -0.3 is 5.73 Å². The third-order valence-electron chi connectivity index (χ3n) is 1.98. The van der Waals surface area contributed by atoms with Crippen LogP contribution in [0.1, 0.15) is 40.5 Å². The molecule has 0 rings (SSSR count). The molecule has 0 saturated heterocycles. The Morgan fingerprint density at radius 1 is 1.25 bits per heavy atom. The first-order valence-electron chi connectivity index (χ1n) is 4.86. The van der Waals surface area contributed by atoms with Gasteiger partial charge in [0.2, 0.25) is 0 Å². The molecule has 1 nitrogen and oxygen atoms in total. The van der Waals surface area contributed by atoms with Crippen LogP contribution in [0.4, 0.5) is 0 Å². The summed E-state index contributed by atoms with van der Waals surface area (Å²) in [6.45, 7) is 8.71. The van der Waals surface area contributed by atoms with E-state index in [1.54, 1.807) is 0 Å². The van der Waals surface area contributed by atoms with Gasteiger partial charge in [0.05, 0.1) is 0 Å². The Labute approximate surface area is 81.5 Å². The van der Waals surface area contributed by atoms with Crippen molar-refractivity contribution in [3.8, 4) is 0 Å². The van der Waals surface area contributed by atoms with Crippen molar-refractivity contribution in [3.05, 3.63) is 0 Å². The first-order chi connectivity index (χ1) is 5.49. The van der Waals surface area contributed by atoms with Gasteiger partial charge in [0.1, 0.15) is 0 Å². The molecule has 0 unspecified atom stereocenters. The fraction of sp³-hybridized carbons (Fsp3) is 1.00. The van der Waals surface area contributed by atoms with E-state index in [4.69, 9.17) is 5.73 Å². The van der Waals surface area contributed by atoms with Gasteiger partial charge in [-0.2, -0.15) is 11.8 Å². The van der Waals surface area contributed by atoms with E-state index in [2.05, 4.69) is 27.7 Å². The average Bonchev–Trinajstić information content (AvgIpc) is 1.96. The second kappa shape index (κ2) is 5.87. The number of rotatable bonds is 6. The Morgan fingerprint density at radius 3 is 2.08 bits per heavy atom. The van der Waals surface area contributed by atoms with Crippen LogP contribution in [0.25, 0.3) is 0 Å². The van der Waals surface area contributed by atoms with Gasteiger partial charge in [0, 0.05) is 11.3 Å². The molecular formula is C10H23NS. The van der Waals surface area contributed by atoms with Crippen molar-refractivity contribution in [2.75, 3.05) is 11.5 Å². The Kier molecular flexibility index (Phi) is 6.02. The van der Waals surface area contributed by atoms with Gasteiger partial charge in [0.25, 0.3) is 0 Å². The summed E-state index contributed by atoms with van der Waals surface area (Å²) in [6.07, 6.45) is 2.60. The summed E-state index contributed by atoms with van der Waals surface area (Å²) < 4.78 is 0. The van der Waals surface area contributed by atoms with Crippen LogP contribution in [0.5, 0.6) is 0 Å². The highest BCUT2D eigenvalue weighted by molar-refractivity contribution is 7.99. The highest BCUT2D eigenvalue weighted by Gasteiger charge is 2.11. The van der Waals surface area contributed by atoms with E-state index in [0.717, 1.165) is 11.7 Å². The Bertz CT molecular complexity index is 103. The van der Waals surface area contributed by atoms with E-state index in [9.17, 15) is 0 Å². The van der Waals surface area contributed by atoms with Crippen molar-refractivity contribution in [2.45, 2.75) is 46.1 Å². The summed E-state index contributed by atoms with van der Waals surface area (Å²) in [7, 11) is 0. The van der Waals surface area contributed by atoms with E-state index in [0.29, 0.717) is 0 Å². The molecule has 0 aromatic carbocycles. The van der Waals surface area contributed by atoms with Crippen LogP contribution in [0, 0.1) is 5.92 Å². The molecule has 0 aromatic heterocycles. The van der Waals surface area contributed by atoms with Gasteiger partial charge in [-0.1, -0.05) is 26.7 Å². The third kappa shape index (κ3) is 6.99. The first kappa shape index (κ1) is 12.3. The van der Waals surface area contributed by atoms with Gasteiger partial charge in [0.15, 0.2) is 0 Å². The number of hydrogen-bond acceptors (Lipinski definition) is 2. The quantitative estimate of drug-likeness (QED) is 0.695. The van der Waals surface area contributed by atoms with Crippen LogP contribution in [0.15, 0.2) is 0 Å². The maximum Gasteiger partial charge on any atom is 0.0188 e. The molecule has 0 aliphatic heterocycles. The van der Waals surface area contributed by atoms with Crippen molar-refractivity contribution in [1.82, 2.24) is 0 Å². The summed E-state index contributed by atoms with van der Waals surface area (Å²) >= 11 is 1.99. The number of thioether (sulfide) groups is 1. The summed E-state index contributed by atoms with van der Waals surface area (Å²) in [6, 6.07) is 0. The first-order valence-corrected chi connectivity index (χ1v) is 6.01. The molecule has 0 aliphatic carbocycles. The van der Waals surface area contributed by atoms with E-state index in [-0.39, 0.29) is 5.54 Å².